The van der Waals surface area contributed by atoms with Gasteiger partial charge in [0, 0.05) is 18.7 Å². The van der Waals surface area contributed by atoms with Crippen LogP contribution in [0.3, 0.4) is 0 Å². The van der Waals surface area contributed by atoms with Gasteiger partial charge in [0.1, 0.15) is 11.7 Å². The van der Waals surface area contributed by atoms with Crippen LogP contribution in [-0.2, 0) is 27.3 Å². The van der Waals surface area contributed by atoms with Gasteiger partial charge in [-0.05, 0) is 67.0 Å². The van der Waals surface area contributed by atoms with Crippen LogP contribution in [0.5, 0.6) is 0 Å². The predicted molar refractivity (Wildman–Crippen MR) is 135 cm³/mol. The first-order valence-corrected chi connectivity index (χ1v) is 11.4. The predicted octanol–water partition coefficient (Wildman–Crippen LogP) is 4.85. The lowest BCUT2D eigenvalue weighted by molar-refractivity contribution is -0.140. The number of carbonyl (C=O) groups excluding carboxylic acids is 2. The molecule has 3 aromatic rings. The van der Waals surface area contributed by atoms with E-state index in [2.05, 4.69) is 10.2 Å². The zero-order valence-corrected chi connectivity index (χ0v) is 20.0. The third kappa shape index (κ3) is 5.81. The molecule has 0 saturated carbocycles. The molecule has 0 fully saturated rings. The molecule has 1 N–H and O–H groups in total. The summed E-state index contributed by atoms with van der Waals surface area (Å²) in [6.07, 6.45) is 0.846. The summed E-state index contributed by atoms with van der Waals surface area (Å²) in [6.45, 7) is 0.813. The number of aryl methyl sites for hydroxylation is 1. The van der Waals surface area contributed by atoms with Crippen molar-refractivity contribution in [2.24, 2.45) is 4.99 Å². The van der Waals surface area contributed by atoms with Crippen LogP contribution in [-0.4, -0.2) is 43.7 Å². The van der Waals surface area contributed by atoms with Gasteiger partial charge in [-0.2, -0.15) is 0 Å². The number of rotatable bonds is 8. The van der Waals surface area contributed by atoms with E-state index in [0.717, 1.165) is 28.9 Å². The van der Waals surface area contributed by atoms with Gasteiger partial charge in [-0.25, -0.2) is 4.39 Å². The highest BCUT2D eigenvalue weighted by atomic mass is 19.1. The van der Waals surface area contributed by atoms with Gasteiger partial charge in [-0.15, -0.1) is 0 Å². The third-order valence-electron chi connectivity index (χ3n) is 5.90. The number of hydrogen-bond acceptors (Lipinski definition) is 5. The standard InChI is InChI=1S/C28H28FN3O3/c1-32(2)17-19-6-12-22(13-7-19)30-27(20-9-4-18(5-10-20)8-15-25(33)35-3)26-23-14-11-21(29)16-24(23)31-28(26)34/h4-7,9-14,16,26H,8,15,17H2,1-3H3,(H,31,34). The molecule has 3 aromatic carbocycles. The Balaban J connectivity index is 1.71. The number of aliphatic imine (C=N–C) groups is 1. The van der Waals surface area contributed by atoms with E-state index in [0.29, 0.717) is 29.8 Å². The van der Waals surface area contributed by atoms with Gasteiger partial charge < -0.3 is 15.0 Å². The van der Waals surface area contributed by atoms with Crippen molar-refractivity contribution >= 4 is 29.0 Å². The molecule has 7 heteroatoms. The summed E-state index contributed by atoms with van der Waals surface area (Å²) in [5.74, 6) is -1.59. The number of benzene rings is 3. The second-order valence-corrected chi connectivity index (χ2v) is 8.83. The summed E-state index contributed by atoms with van der Waals surface area (Å²) >= 11 is 0. The Labute approximate surface area is 204 Å². The Bertz CT molecular complexity index is 1250. The minimum absolute atomic E-state index is 0.247. The van der Waals surface area contributed by atoms with E-state index in [1.165, 1.54) is 19.2 Å². The quantitative estimate of drug-likeness (QED) is 0.375. The van der Waals surface area contributed by atoms with Crippen LogP contribution in [0, 0.1) is 5.82 Å². The molecule has 1 atom stereocenters. The topological polar surface area (TPSA) is 71.0 Å². The Morgan fingerprint density at radius 3 is 2.37 bits per heavy atom. The van der Waals surface area contributed by atoms with E-state index in [1.807, 2.05) is 62.6 Å². The normalized spacial score (nSPS) is 15.2. The first kappa shape index (κ1) is 24.3. The number of carbonyl (C=O) groups is 2. The van der Waals surface area contributed by atoms with Gasteiger partial charge in [-0.1, -0.05) is 42.5 Å². The van der Waals surface area contributed by atoms with Crippen LogP contribution >= 0.6 is 0 Å². The molecule has 180 valence electrons. The van der Waals surface area contributed by atoms with Crippen molar-refractivity contribution in [1.82, 2.24) is 4.90 Å². The summed E-state index contributed by atoms with van der Waals surface area (Å²) in [4.78, 5) is 31.5. The minimum atomic E-state index is -0.673. The van der Waals surface area contributed by atoms with Crippen LogP contribution < -0.4 is 5.32 Å². The number of amides is 1. The number of hydrogen-bond donors (Lipinski definition) is 1. The highest BCUT2D eigenvalue weighted by Crippen LogP contribution is 2.36. The monoisotopic (exact) mass is 473 g/mol. The number of ether oxygens (including phenoxy) is 1. The Kier molecular flexibility index (Phi) is 7.36. The van der Waals surface area contributed by atoms with Crippen LogP contribution in [0.15, 0.2) is 71.7 Å². The average Bonchev–Trinajstić information content (AvgIpc) is 3.16. The number of methoxy groups -OCH3 is 1. The van der Waals surface area contributed by atoms with Crippen molar-refractivity contribution in [3.63, 3.8) is 0 Å². The number of fused-ring (bicyclic) bond motifs is 1. The first-order chi connectivity index (χ1) is 16.8. The number of anilines is 1. The summed E-state index contributed by atoms with van der Waals surface area (Å²) in [5.41, 5.74) is 5.36. The molecule has 1 unspecified atom stereocenters. The molecule has 1 aliphatic rings. The van der Waals surface area contributed by atoms with E-state index in [1.54, 1.807) is 6.07 Å². The maximum atomic E-state index is 13.8. The van der Waals surface area contributed by atoms with Crippen LogP contribution in [0.4, 0.5) is 15.8 Å². The summed E-state index contributed by atoms with van der Waals surface area (Å²) in [7, 11) is 5.40. The molecule has 0 saturated heterocycles. The largest absolute Gasteiger partial charge is 0.469 e. The maximum Gasteiger partial charge on any atom is 0.305 e. The number of esters is 1. The fraction of sp³-hybridized carbons (Fsp3) is 0.250. The average molecular weight is 474 g/mol. The van der Waals surface area contributed by atoms with Crippen LogP contribution in [0.1, 0.15) is 34.6 Å². The molecule has 0 spiro atoms. The highest BCUT2D eigenvalue weighted by Gasteiger charge is 2.35. The Hall–Kier alpha value is -3.84. The molecule has 4 rings (SSSR count). The maximum absolute atomic E-state index is 13.8. The zero-order chi connectivity index (χ0) is 24.9. The molecule has 0 radical (unpaired) electrons. The number of halogens is 1. The van der Waals surface area contributed by atoms with E-state index >= 15 is 0 Å². The van der Waals surface area contributed by atoms with Crippen LogP contribution in [0.25, 0.3) is 0 Å². The van der Waals surface area contributed by atoms with Crippen molar-refractivity contribution in [1.29, 1.82) is 0 Å². The van der Waals surface area contributed by atoms with Crippen molar-refractivity contribution in [2.75, 3.05) is 26.5 Å². The van der Waals surface area contributed by atoms with Crippen molar-refractivity contribution < 1.29 is 18.7 Å². The third-order valence-corrected chi connectivity index (χ3v) is 5.90. The van der Waals surface area contributed by atoms with Crippen molar-refractivity contribution in [2.45, 2.75) is 25.3 Å². The van der Waals surface area contributed by atoms with E-state index in [-0.39, 0.29) is 11.9 Å². The minimum Gasteiger partial charge on any atom is -0.469 e. The molecule has 0 aliphatic carbocycles. The van der Waals surface area contributed by atoms with Gasteiger partial charge in [-0.3, -0.25) is 14.6 Å². The Morgan fingerprint density at radius 1 is 1.03 bits per heavy atom. The smallest absolute Gasteiger partial charge is 0.305 e. The molecule has 35 heavy (non-hydrogen) atoms. The lowest BCUT2D eigenvalue weighted by Crippen LogP contribution is -2.22. The van der Waals surface area contributed by atoms with Gasteiger partial charge in [0.2, 0.25) is 5.91 Å². The fourth-order valence-electron chi connectivity index (χ4n) is 4.17. The first-order valence-electron chi connectivity index (χ1n) is 11.4. The van der Waals surface area contributed by atoms with E-state index in [4.69, 9.17) is 9.73 Å². The Morgan fingerprint density at radius 2 is 1.71 bits per heavy atom. The highest BCUT2D eigenvalue weighted by molar-refractivity contribution is 6.24. The van der Waals surface area contributed by atoms with Gasteiger partial charge in [0.05, 0.1) is 18.5 Å². The van der Waals surface area contributed by atoms with E-state index in [9.17, 15) is 14.0 Å². The molecular formula is C28H28FN3O3. The summed E-state index contributed by atoms with van der Waals surface area (Å²) < 4.78 is 18.5. The number of nitrogens with zero attached hydrogens (tertiary/aromatic N) is 2. The molecule has 0 bridgehead atoms. The molecule has 6 nitrogen and oxygen atoms in total. The molecule has 1 amide bonds. The number of nitrogens with one attached hydrogen (secondary N) is 1. The molecule has 1 heterocycles. The lowest BCUT2D eigenvalue weighted by Gasteiger charge is -2.15. The van der Waals surface area contributed by atoms with Crippen molar-refractivity contribution in [3.8, 4) is 0 Å². The molecule has 0 aromatic heterocycles. The SMILES string of the molecule is COC(=O)CCc1ccc(C(=Nc2ccc(CN(C)C)cc2)C2C(=O)Nc3cc(F)ccc32)cc1. The van der Waals surface area contributed by atoms with Crippen LogP contribution in [0.2, 0.25) is 0 Å². The van der Waals surface area contributed by atoms with E-state index < -0.39 is 11.7 Å². The second kappa shape index (κ2) is 10.6. The van der Waals surface area contributed by atoms with Crippen molar-refractivity contribution in [3.05, 3.63) is 94.8 Å². The summed E-state index contributed by atoms with van der Waals surface area (Å²) in [6, 6.07) is 19.9. The fourth-order valence-corrected chi connectivity index (χ4v) is 4.17. The molecular weight excluding hydrogens is 445 g/mol. The second-order valence-electron chi connectivity index (χ2n) is 8.83. The molecule has 1 aliphatic heterocycles. The van der Waals surface area contributed by atoms with Gasteiger partial charge in [0.15, 0.2) is 0 Å². The summed E-state index contributed by atoms with van der Waals surface area (Å²) in [5, 5.41) is 2.79. The zero-order valence-electron chi connectivity index (χ0n) is 20.0. The van der Waals surface area contributed by atoms with Gasteiger partial charge >= 0.3 is 5.97 Å². The lowest BCUT2D eigenvalue weighted by atomic mass is 9.90. The van der Waals surface area contributed by atoms with Gasteiger partial charge in [0.25, 0.3) is 0 Å².